The van der Waals surface area contributed by atoms with E-state index in [1.54, 1.807) is 0 Å². The number of nitrogens with zero attached hydrogens (tertiary/aromatic N) is 2. The van der Waals surface area contributed by atoms with E-state index in [0.29, 0.717) is 38.7 Å². The van der Waals surface area contributed by atoms with Crippen LogP contribution in [0.15, 0.2) is 42.5 Å². The molecule has 1 aliphatic heterocycles. The van der Waals surface area contributed by atoms with E-state index >= 15 is 0 Å². The van der Waals surface area contributed by atoms with E-state index in [0.717, 1.165) is 17.7 Å². The molecule has 128 valence electrons. The van der Waals surface area contributed by atoms with Crippen LogP contribution in [0.1, 0.15) is 11.1 Å². The van der Waals surface area contributed by atoms with E-state index in [1.165, 1.54) is 0 Å². The van der Waals surface area contributed by atoms with Crippen molar-refractivity contribution in [3.8, 4) is 0 Å². The Bertz CT molecular complexity index is 671. The summed E-state index contributed by atoms with van der Waals surface area (Å²) in [7, 11) is 0. The fourth-order valence-electron chi connectivity index (χ4n) is 2.51. The summed E-state index contributed by atoms with van der Waals surface area (Å²) in [5.41, 5.74) is 0.277. The molecule has 24 heavy (non-hydrogen) atoms. The zero-order valence-electron chi connectivity index (χ0n) is 13.0. The standard InChI is InChI=1S/C17H18F3N3O/c18-17(19,20)14-10-15(21-12-13-4-2-1-3-5-13)22-16(11-14)23-6-8-24-9-7-23/h1-5,10-11H,6-9,12H2,(H,21,22). The second kappa shape index (κ2) is 7.09. The highest BCUT2D eigenvalue weighted by Gasteiger charge is 2.32. The summed E-state index contributed by atoms with van der Waals surface area (Å²) in [6.45, 7) is 2.46. The predicted octanol–water partition coefficient (Wildman–Crippen LogP) is 3.55. The van der Waals surface area contributed by atoms with Crippen molar-refractivity contribution in [3.63, 3.8) is 0 Å². The summed E-state index contributed by atoms with van der Waals surface area (Å²) in [5.74, 6) is 0.541. The molecule has 1 saturated heterocycles. The van der Waals surface area contributed by atoms with Gasteiger partial charge in [0.15, 0.2) is 0 Å². The van der Waals surface area contributed by atoms with E-state index in [1.807, 2.05) is 35.2 Å². The third kappa shape index (κ3) is 4.17. The summed E-state index contributed by atoms with van der Waals surface area (Å²) in [6, 6.07) is 11.6. The van der Waals surface area contributed by atoms with Gasteiger partial charge in [0.25, 0.3) is 0 Å². The Morgan fingerprint density at radius 1 is 1.08 bits per heavy atom. The van der Waals surface area contributed by atoms with E-state index in [-0.39, 0.29) is 5.82 Å². The van der Waals surface area contributed by atoms with Crippen LogP contribution in [-0.4, -0.2) is 31.3 Å². The molecule has 0 atom stereocenters. The maximum atomic E-state index is 13.2. The first-order valence-corrected chi connectivity index (χ1v) is 7.72. The number of rotatable bonds is 4. The molecule has 0 unspecified atom stereocenters. The van der Waals surface area contributed by atoms with E-state index in [9.17, 15) is 13.2 Å². The van der Waals surface area contributed by atoms with Crippen molar-refractivity contribution in [2.45, 2.75) is 12.7 Å². The minimum atomic E-state index is -4.41. The zero-order chi connectivity index (χ0) is 17.0. The van der Waals surface area contributed by atoms with Gasteiger partial charge in [-0.25, -0.2) is 4.98 Å². The maximum absolute atomic E-state index is 13.2. The first-order chi connectivity index (χ1) is 11.5. The predicted molar refractivity (Wildman–Crippen MR) is 86.0 cm³/mol. The minimum absolute atomic E-state index is 0.218. The number of anilines is 2. The number of ether oxygens (including phenoxy) is 1. The van der Waals surface area contributed by atoms with Crippen molar-refractivity contribution in [3.05, 3.63) is 53.6 Å². The van der Waals surface area contributed by atoms with E-state index in [2.05, 4.69) is 10.3 Å². The van der Waals surface area contributed by atoms with Crippen molar-refractivity contribution >= 4 is 11.6 Å². The van der Waals surface area contributed by atoms with Gasteiger partial charge < -0.3 is 15.0 Å². The SMILES string of the molecule is FC(F)(F)c1cc(NCc2ccccc2)nc(N2CCOCC2)c1. The van der Waals surface area contributed by atoms with Gasteiger partial charge in [0.1, 0.15) is 11.6 Å². The molecule has 7 heteroatoms. The molecule has 0 aliphatic carbocycles. The molecule has 2 aromatic rings. The van der Waals surface area contributed by atoms with Crippen molar-refractivity contribution in [1.29, 1.82) is 0 Å². The van der Waals surface area contributed by atoms with Gasteiger partial charge >= 0.3 is 6.18 Å². The highest BCUT2D eigenvalue weighted by Crippen LogP contribution is 2.33. The average molecular weight is 337 g/mol. The lowest BCUT2D eigenvalue weighted by Crippen LogP contribution is -2.37. The Morgan fingerprint density at radius 2 is 1.79 bits per heavy atom. The van der Waals surface area contributed by atoms with E-state index in [4.69, 9.17) is 4.74 Å². The normalized spacial score (nSPS) is 15.4. The highest BCUT2D eigenvalue weighted by atomic mass is 19.4. The van der Waals surface area contributed by atoms with Gasteiger partial charge in [-0.2, -0.15) is 13.2 Å². The summed E-state index contributed by atoms with van der Waals surface area (Å²) in [5, 5.41) is 2.98. The fraction of sp³-hybridized carbons (Fsp3) is 0.353. The Kier molecular flexibility index (Phi) is 4.89. The Hall–Kier alpha value is -2.28. The smallest absolute Gasteiger partial charge is 0.378 e. The number of alkyl halides is 3. The number of halogens is 3. The lowest BCUT2D eigenvalue weighted by Gasteiger charge is -2.28. The molecule has 0 bridgehead atoms. The van der Waals surface area contributed by atoms with Crippen molar-refractivity contribution in [1.82, 2.24) is 4.98 Å². The molecule has 0 spiro atoms. The summed E-state index contributed by atoms with van der Waals surface area (Å²) >= 11 is 0. The minimum Gasteiger partial charge on any atom is -0.378 e. The Morgan fingerprint density at radius 3 is 2.46 bits per heavy atom. The average Bonchev–Trinajstić information content (AvgIpc) is 2.61. The van der Waals surface area contributed by atoms with Crippen LogP contribution in [0.3, 0.4) is 0 Å². The van der Waals surface area contributed by atoms with Crippen LogP contribution in [0.4, 0.5) is 24.8 Å². The number of morpholine rings is 1. The topological polar surface area (TPSA) is 37.4 Å². The van der Waals surface area contributed by atoms with Crippen LogP contribution in [0, 0.1) is 0 Å². The van der Waals surface area contributed by atoms with Crippen LogP contribution in [0.25, 0.3) is 0 Å². The highest BCUT2D eigenvalue weighted by molar-refractivity contribution is 5.51. The number of aromatic nitrogens is 1. The second-order valence-corrected chi connectivity index (χ2v) is 5.54. The van der Waals surface area contributed by atoms with Gasteiger partial charge in [-0.15, -0.1) is 0 Å². The number of hydrogen-bond donors (Lipinski definition) is 1. The van der Waals surface area contributed by atoms with Crippen molar-refractivity contribution in [2.24, 2.45) is 0 Å². The van der Waals surface area contributed by atoms with Crippen molar-refractivity contribution < 1.29 is 17.9 Å². The molecule has 4 nitrogen and oxygen atoms in total. The first kappa shape index (κ1) is 16.6. The van der Waals surface area contributed by atoms with Gasteiger partial charge in [-0.3, -0.25) is 0 Å². The van der Waals surface area contributed by atoms with Crippen LogP contribution in [-0.2, 0) is 17.5 Å². The number of nitrogens with one attached hydrogen (secondary N) is 1. The molecular weight excluding hydrogens is 319 g/mol. The molecule has 1 N–H and O–H groups in total. The van der Waals surface area contributed by atoms with Crippen LogP contribution >= 0.6 is 0 Å². The molecule has 0 radical (unpaired) electrons. The number of pyridine rings is 1. The quantitative estimate of drug-likeness (QED) is 0.926. The van der Waals surface area contributed by atoms with Gasteiger partial charge in [-0.1, -0.05) is 30.3 Å². The third-order valence-electron chi connectivity index (χ3n) is 3.79. The fourth-order valence-corrected chi connectivity index (χ4v) is 2.51. The largest absolute Gasteiger partial charge is 0.416 e. The second-order valence-electron chi connectivity index (χ2n) is 5.54. The van der Waals surface area contributed by atoms with Gasteiger partial charge in [-0.05, 0) is 17.7 Å². The van der Waals surface area contributed by atoms with Gasteiger partial charge in [0.05, 0.1) is 18.8 Å². The molecule has 2 heterocycles. The molecule has 3 rings (SSSR count). The van der Waals surface area contributed by atoms with Crippen LogP contribution in [0.2, 0.25) is 0 Å². The lowest BCUT2D eigenvalue weighted by molar-refractivity contribution is -0.137. The summed E-state index contributed by atoms with van der Waals surface area (Å²) < 4.78 is 44.8. The number of hydrogen-bond acceptors (Lipinski definition) is 4. The molecule has 1 aliphatic rings. The first-order valence-electron chi connectivity index (χ1n) is 7.72. The van der Waals surface area contributed by atoms with Crippen LogP contribution < -0.4 is 10.2 Å². The number of benzene rings is 1. The third-order valence-corrected chi connectivity index (χ3v) is 3.79. The van der Waals surface area contributed by atoms with Gasteiger partial charge in [0.2, 0.25) is 0 Å². The van der Waals surface area contributed by atoms with E-state index < -0.39 is 11.7 Å². The van der Waals surface area contributed by atoms with Crippen molar-refractivity contribution in [2.75, 3.05) is 36.5 Å². The molecule has 1 fully saturated rings. The lowest BCUT2D eigenvalue weighted by atomic mass is 10.2. The van der Waals surface area contributed by atoms with Crippen LogP contribution in [0.5, 0.6) is 0 Å². The maximum Gasteiger partial charge on any atom is 0.416 e. The molecule has 1 aromatic carbocycles. The molecule has 1 aromatic heterocycles. The summed E-state index contributed by atoms with van der Waals surface area (Å²) in [4.78, 5) is 6.16. The monoisotopic (exact) mass is 337 g/mol. The molecular formula is C17H18F3N3O. The van der Waals surface area contributed by atoms with Gasteiger partial charge in [0, 0.05) is 19.6 Å². The Labute approximate surface area is 138 Å². The molecule has 0 amide bonds. The Balaban J connectivity index is 1.84. The summed E-state index contributed by atoms with van der Waals surface area (Å²) in [6.07, 6.45) is -4.41. The zero-order valence-corrected chi connectivity index (χ0v) is 13.0. The molecule has 0 saturated carbocycles.